The summed E-state index contributed by atoms with van der Waals surface area (Å²) >= 11 is 11.9. The van der Waals surface area contributed by atoms with Crippen molar-refractivity contribution in [2.24, 2.45) is 0 Å². The fourth-order valence-electron chi connectivity index (χ4n) is 3.35. The Hall–Kier alpha value is -2.05. The van der Waals surface area contributed by atoms with Gasteiger partial charge in [0.1, 0.15) is 5.82 Å². The molecule has 1 aromatic carbocycles. The Morgan fingerprint density at radius 1 is 1.11 bits per heavy atom. The quantitative estimate of drug-likeness (QED) is 0.738. The molecular formula is C20H25Cl2N5O. The van der Waals surface area contributed by atoms with Crippen molar-refractivity contribution in [1.82, 2.24) is 15.3 Å². The van der Waals surface area contributed by atoms with Gasteiger partial charge in [-0.1, -0.05) is 29.3 Å². The molecule has 1 aromatic heterocycles. The van der Waals surface area contributed by atoms with Crippen molar-refractivity contribution in [1.29, 1.82) is 0 Å². The van der Waals surface area contributed by atoms with Crippen LogP contribution in [0.25, 0.3) is 0 Å². The smallest absolute Gasteiger partial charge is 0.224 e. The van der Waals surface area contributed by atoms with Crippen molar-refractivity contribution >= 4 is 40.9 Å². The molecule has 0 saturated heterocycles. The highest BCUT2D eigenvalue weighted by molar-refractivity contribution is 6.42. The maximum Gasteiger partial charge on any atom is 0.224 e. The Labute approximate surface area is 175 Å². The number of aromatic nitrogens is 2. The molecule has 2 N–H and O–H groups in total. The maximum atomic E-state index is 12.3. The number of hydrogen-bond acceptors (Lipinski definition) is 5. The molecule has 1 aliphatic carbocycles. The summed E-state index contributed by atoms with van der Waals surface area (Å²) in [5.41, 5.74) is 0.861. The first-order valence-corrected chi connectivity index (χ1v) is 10.2. The zero-order valence-electron chi connectivity index (χ0n) is 16.1. The molecule has 150 valence electrons. The first-order chi connectivity index (χ1) is 13.4. The Kier molecular flexibility index (Phi) is 6.97. The van der Waals surface area contributed by atoms with Crippen LogP contribution in [0.15, 0.2) is 30.5 Å². The second kappa shape index (κ2) is 9.43. The highest BCUT2D eigenvalue weighted by Gasteiger charge is 2.23. The number of rotatable bonds is 6. The summed E-state index contributed by atoms with van der Waals surface area (Å²) in [5.74, 6) is 1.54. The molecule has 0 atom stereocenters. The lowest BCUT2D eigenvalue weighted by Crippen LogP contribution is -2.40. The van der Waals surface area contributed by atoms with Gasteiger partial charge in [-0.2, -0.15) is 4.98 Å². The molecule has 0 bridgehead atoms. The molecule has 0 aliphatic heterocycles. The topological polar surface area (TPSA) is 70.2 Å². The third-order valence-electron chi connectivity index (χ3n) is 4.87. The molecule has 1 saturated carbocycles. The van der Waals surface area contributed by atoms with Gasteiger partial charge in [0, 0.05) is 32.4 Å². The summed E-state index contributed by atoms with van der Waals surface area (Å²) in [4.78, 5) is 23.1. The molecule has 0 spiro atoms. The maximum absolute atomic E-state index is 12.3. The van der Waals surface area contributed by atoms with Crippen molar-refractivity contribution in [2.45, 2.75) is 44.2 Å². The van der Waals surface area contributed by atoms with E-state index in [4.69, 9.17) is 23.2 Å². The number of nitrogens with zero attached hydrogens (tertiary/aromatic N) is 3. The molecule has 1 amide bonds. The number of benzene rings is 1. The Balaban J connectivity index is 1.45. The van der Waals surface area contributed by atoms with Gasteiger partial charge < -0.3 is 15.5 Å². The Morgan fingerprint density at radius 3 is 2.50 bits per heavy atom. The standard InChI is InChI=1S/C20H25Cl2N5O/c1-27(2)18-9-10-23-20(26-18)25-15-6-4-14(5-7-15)24-19(28)12-13-3-8-16(21)17(22)11-13/h3,8-11,14-15H,4-7,12H2,1-2H3,(H,24,28)(H,23,25,26)/t14-,15+. The van der Waals surface area contributed by atoms with Crippen molar-refractivity contribution < 1.29 is 4.79 Å². The van der Waals surface area contributed by atoms with Gasteiger partial charge in [-0.05, 0) is 49.4 Å². The minimum atomic E-state index is 0.0109. The second-order valence-corrected chi connectivity index (χ2v) is 8.13. The molecular weight excluding hydrogens is 397 g/mol. The minimum absolute atomic E-state index is 0.0109. The molecule has 28 heavy (non-hydrogen) atoms. The van der Waals surface area contributed by atoms with E-state index >= 15 is 0 Å². The zero-order chi connectivity index (χ0) is 20.1. The van der Waals surface area contributed by atoms with Crippen LogP contribution in [0.2, 0.25) is 10.0 Å². The number of amides is 1. The molecule has 6 nitrogen and oxygen atoms in total. The van der Waals surface area contributed by atoms with Crippen LogP contribution < -0.4 is 15.5 Å². The fraction of sp³-hybridized carbons (Fsp3) is 0.450. The third kappa shape index (κ3) is 5.72. The van der Waals surface area contributed by atoms with Crippen molar-refractivity contribution in [3.8, 4) is 0 Å². The number of anilines is 2. The van der Waals surface area contributed by atoms with Gasteiger partial charge in [-0.15, -0.1) is 0 Å². The first kappa shape index (κ1) is 20.7. The normalized spacial score (nSPS) is 19.1. The molecule has 1 heterocycles. The van der Waals surface area contributed by atoms with Gasteiger partial charge in [0.25, 0.3) is 0 Å². The Morgan fingerprint density at radius 2 is 1.82 bits per heavy atom. The molecule has 0 unspecified atom stereocenters. The van der Waals surface area contributed by atoms with Crippen molar-refractivity contribution in [3.63, 3.8) is 0 Å². The highest BCUT2D eigenvalue weighted by Crippen LogP contribution is 2.24. The van der Waals surface area contributed by atoms with E-state index in [-0.39, 0.29) is 11.9 Å². The summed E-state index contributed by atoms with van der Waals surface area (Å²) < 4.78 is 0. The van der Waals surface area contributed by atoms with E-state index < -0.39 is 0 Å². The van der Waals surface area contributed by atoms with Crippen LogP contribution >= 0.6 is 23.2 Å². The predicted molar refractivity (Wildman–Crippen MR) is 114 cm³/mol. The summed E-state index contributed by atoms with van der Waals surface area (Å²) in [6.07, 6.45) is 5.86. The summed E-state index contributed by atoms with van der Waals surface area (Å²) in [6.45, 7) is 0. The van der Waals surface area contributed by atoms with Crippen LogP contribution in [0.3, 0.4) is 0 Å². The average Bonchev–Trinajstić information content (AvgIpc) is 2.66. The monoisotopic (exact) mass is 421 g/mol. The van der Waals surface area contributed by atoms with E-state index in [1.807, 2.05) is 31.1 Å². The van der Waals surface area contributed by atoms with Gasteiger partial charge >= 0.3 is 0 Å². The lowest BCUT2D eigenvalue weighted by Gasteiger charge is -2.29. The van der Waals surface area contributed by atoms with E-state index in [1.165, 1.54) is 0 Å². The summed E-state index contributed by atoms with van der Waals surface area (Å²) in [6, 6.07) is 7.69. The summed E-state index contributed by atoms with van der Waals surface area (Å²) in [7, 11) is 3.91. The molecule has 2 aromatic rings. The fourth-order valence-corrected chi connectivity index (χ4v) is 3.67. The van der Waals surface area contributed by atoms with Gasteiger partial charge in [-0.25, -0.2) is 4.98 Å². The van der Waals surface area contributed by atoms with Gasteiger partial charge in [0.15, 0.2) is 0 Å². The number of carbonyl (C=O) groups excluding carboxylic acids is 1. The highest BCUT2D eigenvalue weighted by atomic mass is 35.5. The number of hydrogen-bond donors (Lipinski definition) is 2. The molecule has 0 radical (unpaired) electrons. The van der Waals surface area contributed by atoms with Crippen LogP contribution in [0.4, 0.5) is 11.8 Å². The van der Waals surface area contributed by atoms with Gasteiger partial charge in [-0.3, -0.25) is 4.79 Å². The predicted octanol–water partition coefficient (Wildman–Crippen LogP) is 3.93. The lowest BCUT2D eigenvalue weighted by atomic mass is 9.91. The zero-order valence-corrected chi connectivity index (χ0v) is 17.6. The van der Waals surface area contributed by atoms with E-state index in [0.717, 1.165) is 37.1 Å². The first-order valence-electron chi connectivity index (χ1n) is 9.41. The van der Waals surface area contributed by atoms with E-state index in [2.05, 4.69) is 20.6 Å². The average molecular weight is 422 g/mol. The Bertz CT molecular complexity index is 822. The minimum Gasteiger partial charge on any atom is -0.363 e. The summed E-state index contributed by atoms with van der Waals surface area (Å²) in [5, 5.41) is 7.51. The molecule has 1 aliphatic rings. The van der Waals surface area contributed by atoms with E-state index in [0.29, 0.717) is 28.5 Å². The van der Waals surface area contributed by atoms with Crippen LogP contribution in [-0.2, 0) is 11.2 Å². The van der Waals surface area contributed by atoms with Gasteiger partial charge in [0.05, 0.1) is 16.5 Å². The molecule has 8 heteroatoms. The van der Waals surface area contributed by atoms with Crippen molar-refractivity contribution in [2.75, 3.05) is 24.3 Å². The number of nitrogens with one attached hydrogen (secondary N) is 2. The van der Waals surface area contributed by atoms with Crippen LogP contribution in [-0.4, -0.2) is 42.1 Å². The largest absolute Gasteiger partial charge is 0.363 e. The SMILES string of the molecule is CN(C)c1ccnc(N[C@H]2CC[C@@H](NC(=O)Cc3ccc(Cl)c(Cl)c3)CC2)n1. The van der Waals surface area contributed by atoms with Crippen molar-refractivity contribution in [3.05, 3.63) is 46.1 Å². The van der Waals surface area contributed by atoms with E-state index in [9.17, 15) is 4.79 Å². The lowest BCUT2D eigenvalue weighted by molar-refractivity contribution is -0.121. The van der Waals surface area contributed by atoms with Gasteiger partial charge in [0.2, 0.25) is 11.9 Å². The van der Waals surface area contributed by atoms with Crippen LogP contribution in [0.5, 0.6) is 0 Å². The molecule has 1 fully saturated rings. The van der Waals surface area contributed by atoms with Crippen LogP contribution in [0, 0.1) is 0 Å². The molecule has 3 rings (SSSR count). The van der Waals surface area contributed by atoms with Crippen LogP contribution in [0.1, 0.15) is 31.2 Å². The number of carbonyl (C=O) groups is 1. The van der Waals surface area contributed by atoms with E-state index in [1.54, 1.807) is 18.3 Å². The number of halogens is 2. The second-order valence-electron chi connectivity index (χ2n) is 7.32. The third-order valence-corrected chi connectivity index (χ3v) is 5.61.